The maximum atomic E-state index is 12.1. The Kier molecular flexibility index (Phi) is 5.80. The van der Waals surface area contributed by atoms with E-state index in [-0.39, 0.29) is 6.04 Å². The van der Waals surface area contributed by atoms with Crippen LogP contribution in [0.1, 0.15) is 18.5 Å². The molecule has 4 nitrogen and oxygen atoms in total. The van der Waals surface area contributed by atoms with Gasteiger partial charge in [0.15, 0.2) is 0 Å². The van der Waals surface area contributed by atoms with Crippen LogP contribution in [0.2, 0.25) is 0 Å². The van der Waals surface area contributed by atoms with E-state index < -0.39 is 5.97 Å². The molecule has 0 saturated heterocycles. The van der Waals surface area contributed by atoms with Crippen LogP contribution in [0.15, 0.2) is 66.7 Å². The Labute approximate surface area is 136 Å². The summed E-state index contributed by atoms with van der Waals surface area (Å²) in [6.45, 7) is 6.02. The normalized spacial score (nSPS) is 11.4. The van der Waals surface area contributed by atoms with Gasteiger partial charge in [0.05, 0.1) is 25.3 Å². The van der Waals surface area contributed by atoms with Crippen molar-refractivity contribution in [2.75, 3.05) is 19.0 Å². The van der Waals surface area contributed by atoms with E-state index in [1.165, 1.54) is 0 Å². The molecule has 2 aromatic carbocycles. The Morgan fingerprint density at radius 3 is 2.35 bits per heavy atom. The van der Waals surface area contributed by atoms with Crippen molar-refractivity contribution in [3.05, 3.63) is 72.3 Å². The molecule has 0 saturated carbocycles. The Morgan fingerprint density at radius 2 is 1.78 bits per heavy atom. The van der Waals surface area contributed by atoms with Crippen LogP contribution in [0, 0.1) is 0 Å². The van der Waals surface area contributed by atoms with Crippen molar-refractivity contribution in [1.29, 1.82) is 0 Å². The number of carbonyl (C=O) groups is 1. The number of methoxy groups -OCH3 is 1. The Hall–Kier alpha value is -2.75. The van der Waals surface area contributed by atoms with Crippen LogP contribution < -0.4 is 10.1 Å². The molecule has 0 aromatic heterocycles. The smallest absolute Gasteiger partial charge is 0.335 e. The SMILES string of the molecule is C=C(C(=O)OCC)C(Nc1ccc(OC)cc1)c1ccccc1. The number of nitrogens with one attached hydrogen (secondary N) is 1. The van der Waals surface area contributed by atoms with Crippen molar-refractivity contribution in [2.24, 2.45) is 0 Å². The highest BCUT2D eigenvalue weighted by molar-refractivity contribution is 5.90. The topological polar surface area (TPSA) is 47.6 Å². The number of rotatable bonds is 7. The van der Waals surface area contributed by atoms with E-state index in [0.717, 1.165) is 17.0 Å². The number of anilines is 1. The van der Waals surface area contributed by atoms with E-state index in [2.05, 4.69) is 11.9 Å². The molecule has 2 aromatic rings. The van der Waals surface area contributed by atoms with Gasteiger partial charge in [0.25, 0.3) is 0 Å². The highest BCUT2D eigenvalue weighted by Crippen LogP contribution is 2.27. The number of esters is 1. The summed E-state index contributed by atoms with van der Waals surface area (Å²) in [5.41, 5.74) is 2.18. The van der Waals surface area contributed by atoms with Gasteiger partial charge in [0.1, 0.15) is 5.75 Å². The number of hydrogen-bond acceptors (Lipinski definition) is 4. The van der Waals surface area contributed by atoms with Gasteiger partial charge in [-0.1, -0.05) is 36.9 Å². The van der Waals surface area contributed by atoms with Crippen molar-refractivity contribution in [3.63, 3.8) is 0 Å². The van der Waals surface area contributed by atoms with Crippen LogP contribution in [-0.2, 0) is 9.53 Å². The molecule has 0 fully saturated rings. The predicted octanol–water partition coefficient (Wildman–Crippen LogP) is 3.97. The van der Waals surface area contributed by atoms with Crippen LogP contribution in [0.5, 0.6) is 5.75 Å². The third-order valence-corrected chi connectivity index (χ3v) is 3.42. The van der Waals surface area contributed by atoms with Gasteiger partial charge in [-0.15, -0.1) is 0 Å². The van der Waals surface area contributed by atoms with Crippen molar-refractivity contribution in [3.8, 4) is 5.75 Å². The highest BCUT2D eigenvalue weighted by atomic mass is 16.5. The second-order valence-electron chi connectivity index (χ2n) is 4.96. The Balaban J connectivity index is 2.26. The van der Waals surface area contributed by atoms with E-state index in [4.69, 9.17) is 9.47 Å². The molecule has 1 atom stereocenters. The standard InChI is InChI=1S/C19H21NO3/c1-4-23-19(21)14(2)18(15-8-6-5-7-9-15)20-16-10-12-17(22-3)13-11-16/h5-13,18,20H,2,4H2,1,3H3. The number of carbonyl (C=O) groups excluding carboxylic acids is 1. The van der Waals surface area contributed by atoms with E-state index >= 15 is 0 Å². The lowest BCUT2D eigenvalue weighted by Crippen LogP contribution is -2.20. The molecule has 0 aliphatic heterocycles. The zero-order valence-corrected chi connectivity index (χ0v) is 13.4. The van der Waals surface area contributed by atoms with Crippen molar-refractivity contribution < 1.29 is 14.3 Å². The molecule has 120 valence electrons. The summed E-state index contributed by atoms with van der Waals surface area (Å²) in [5, 5.41) is 3.33. The van der Waals surface area contributed by atoms with Crippen LogP contribution >= 0.6 is 0 Å². The van der Waals surface area contributed by atoms with Gasteiger partial charge in [-0.2, -0.15) is 0 Å². The second kappa shape index (κ2) is 8.03. The minimum absolute atomic E-state index is 0.321. The minimum atomic E-state index is -0.401. The van der Waals surface area contributed by atoms with Gasteiger partial charge in [-0.25, -0.2) is 4.79 Å². The first kappa shape index (κ1) is 16.6. The van der Waals surface area contributed by atoms with E-state index in [0.29, 0.717) is 12.2 Å². The fourth-order valence-electron chi connectivity index (χ4n) is 2.21. The lowest BCUT2D eigenvalue weighted by molar-refractivity contribution is -0.138. The molecule has 0 spiro atoms. The second-order valence-corrected chi connectivity index (χ2v) is 4.96. The molecule has 1 unspecified atom stereocenters. The van der Waals surface area contributed by atoms with E-state index in [1.54, 1.807) is 14.0 Å². The van der Waals surface area contributed by atoms with Crippen LogP contribution in [0.3, 0.4) is 0 Å². The zero-order valence-electron chi connectivity index (χ0n) is 13.4. The average molecular weight is 311 g/mol. The summed E-state index contributed by atoms with van der Waals surface area (Å²) < 4.78 is 10.2. The van der Waals surface area contributed by atoms with E-state index in [1.807, 2.05) is 54.6 Å². The summed E-state index contributed by atoms with van der Waals surface area (Å²) in [7, 11) is 1.62. The van der Waals surface area contributed by atoms with Gasteiger partial charge in [-0.05, 0) is 36.8 Å². The molecule has 0 bridgehead atoms. The van der Waals surface area contributed by atoms with Crippen LogP contribution in [-0.4, -0.2) is 19.7 Å². The molecule has 23 heavy (non-hydrogen) atoms. The molecule has 4 heteroatoms. The van der Waals surface area contributed by atoms with E-state index in [9.17, 15) is 4.79 Å². The molecule has 0 aliphatic carbocycles. The summed E-state index contributed by atoms with van der Waals surface area (Å²) in [6, 6.07) is 16.8. The third kappa shape index (κ3) is 4.36. The fraction of sp³-hybridized carbons (Fsp3) is 0.211. The predicted molar refractivity (Wildman–Crippen MR) is 91.6 cm³/mol. The number of hydrogen-bond donors (Lipinski definition) is 1. The summed E-state index contributed by atoms with van der Waals surface area (Å²) in [5.74, 6) is 0.374. The molecular formula is C19H21NO3. The fourth-order valence-corrected chi connectivity index (χ4v) is 2.21. The first-order valence-electron chi connectivity index (χ1n) is 7.47. The lowest BCUT2D eigenvalue weighted by atomic mass is 9.99. The van der Waals surface area contributed by atoms with Crippen molar-refractivity contribution >= 4 is 11.7 Å². The zero-order chi connectivity index (χ0) is 16.7. The monoisotopic (exact) mass is 311 g/mol. The largest absolute Gasteiger partial charge is 0.497 e. The minimum Gasteiger partial charge on any atom is -0.497 e. The van der Waals surface area contributed by atoms with Crippen molar-refractivity contribution in [1.82, 2.24) is 0 Å². The van der Waals surface area contributed by atoms with Crippen LogP contribution in [0.25, 0.3) is 0 Å². The Morgan fingerprint density at radius 1 is 1.13 bits per heavy atom. The molecular weight excluding hydrogens is 290 g/mol. The van der Waals surface area contributed by atoms with Gasteiger partial charge in [0.2, 0.25) is 0 Å². The number of ether oxygens (including phenoxy) is 2. The molecule has 0 heterocycles. The third-order valence-electron chi connectivity index (χ3n) is 3.42. The van der Waals surface area contributed by atoms with Gasteiger partial charge in [0, 0.05) is 5.69 Å². The molecule has 0 amide bonds. The lowest BCUT2D eigenvalue weighted by Gasteiger charge is -2.22. The molecule has 2 rings (SSSR count). The van der Waals surface area contributed by atoms with Gasteiger partial charge < -0.3 is 14.8 Å². The molecule has 0 aliphatic rings. The first-order valence-corrected chi connectivity index (χ1v) is 7.47. The summed E-state index contributed by atoms with van der Waals surface area (Å²) in [4.78, 5) is 12.1. The first-order chi connectivity index (χ1) is 11.2. The highest BCUT2D eigenvalue weighted by Gasteiger charge is 2.21. The Bertz CT molecular complexity index is 650. The van der Waals surface area contributed by atoms with Gasteiger partial charge >= 0.3 is 5.97 Å². The molecule has 0 radical (unpaired) electrons. The number of benzene rings is 2. The van der Waals surface area contributed by atoms with Crippen molar-refractivity contribution in [2.45, 2.75) is 13.0 Å². The maximum Gasteiger partial charge on any atom is 0.335 e. The molecule has 1 N–H and O–H groups in total. The van der Waals surface area contributed by atoms with Crippen LogP contribution in [0.4, 0.5) is 5.69 Å². The average Bonchev–Trinajstić information content (AvgIpc) is 2.60. The van der Waals surface area contributed by atoms with Gasteiger partial charge in [-0.3, -0.25) is 0 Å². The summed E-state index contributed by atoms with van der Waals surface area (Å²) in [6.07, 6.45) is 0. The maximum absolute atomic E-state index is 12.1. The summed E-state index contributed by atoms with van der Waals surface area (Å²) >= 11 is 0. The quantitative estimate of drug-likeness (QED) is 0.621.